The monoisotopic (exact) mass is 285 g/mol. The van der Waals surface area contributed by atoms with Crippen LogP contribution in [0.2, 0.25) is 5.02 Å². The van der Waals surface area contributed by atoms with Crippen molar-refractivity contribution in [3.63, 3.8) is 0 Å². The quantitative estimate of drug-likeness (QED) is 0.891. The Hall–Kier alpha value is -0.580. The molecule has 2 unspecified atom stereocenters. The summed E-state index contributed by atoms with van der Waals surface area (Å²) < 4.78 is 1.92. The Morgan fingerprint density at radius 1 is 1.53 bits per heavy atom. The third-order valence-electron chi connectivity index (χ3n) is 4.30. The molecule has 2 rings (SSSR count). The maximum Gasteiger partial charge on any atom is 0.0848 e. The summed E-state index contributed by atoms with van der Waals surface area (Å²) in [6.45, 7) is 8.63. The van der Waals surface area contributed by atoms with E-state index in [2.05, 4.69) is 24.3 Å². The zero-order chi connectivity index (χ0) is 14.0. The third kappa shape index (κ3) is 2.81. The Balaban J connectivity index is 2.28. The summed E-state index contributed by atoms with van der Waals surface area (Å²) >= 11 is 6.35. The molecule has 2 heterocycles. The number of nitrogens with one attached hydrogen (secondary N) is 1. The molecule has 0 radical (unpaired) electrons. The van der Waals surface area contributed by atoms with Crippen molar-refractivity contribution in [1.29, 1.82) is 0 Å². The molecule has 5 heteroatoms. The van der Waals surface area contributed by atoms with Gasteiger partial charge in [0, 0.05) is 25.4 Å². The predicted octanol–water partition coefficient (Wildman–Crippen LogP) is 2.16. The van der Waals surface area contributed by atoms with Crippen LogP contribution in [0.3, 0.4) is 0 Å². The van der Waals surface area contributed by atoms with Crippen molar-refractivity contribution in [2.75, 3.05) is 13.1 Å². The molecule has 108 valence electrons. The number of halogens is 1. The summed E-state index contributed by atoms with van der Waals surface area (Å²) in [5.41, 5.74) is 1.16. The highest BCUT2D eigenvalue weighted by molar-refractivity contribution is 6.31. The van der Waals surface area contributed by atoms with Crippen LogP contribution in [0.1, 0.15) is 38.1 Å². The van der Waals surface area contributed by atoms with Crippen LogP contribution in [0.15, 0.2) is 0 Å². The van der Waals surface area contributed by atoms with Crippen LogP contribution < -0.4 is 5.32 Å². The van der Waals surface area contributed by atoms with E-state index < -0.39 is 5.60 Å². The van der Waals surface area contributed by atoms with E-state index in [4.69, 9.17) is 11.6 Å². The van der Waals surface area contributed by atoms with E-state index in [1.54, 1.807) is 0 Å². The Morgan fingerprint density at radius 3 is 2.89 bits per heavy atom. The summed E-state index contributed by atoms with van der Waals surface area (Å²) in [6.07, 6.45) is 2.34. The Kier molecular flexibility index (Phi) is 4.54. The van der Waals surface area contributed by atoms with Gasteiger partial charge in [-0.15, -0.1) is 0 Å². The van der Waals surface area contributed by atoms with E-state index >= 15 is 0 Å². The van der Waals surface area contributed by atoms with Crippen LogP contribution in [0, 0.1) is 12.8 Å². The van der Waals surface area contributed by atoms with Gasteiger partial charge in [-0.1, -0.05) is 18.5 Å². The number of piperidine rings is 1. The van der Waals surface area contributed by atoms with Gasteiger partial charge >= 0.3 is 0 Å². The fourth-order valence-electron chi connectivity index (χ4n) is 3.06. The van der Waals surface area contributed by atoms with Gasteiger partial charge in [0.2, 0.25) is 0 Å². The maximum absolute atomic E-state index is 11.0. The highest BCUT2D eigenvalue weighted by Crippen LogP contribution is 2.33. The summed E-state index contributed by atoms with van der Waals surface area (Å²) in [4.78, 5) is 0. The summed E-state index contributed by atoms with van der Waals surface area (Å²) in [6, 6.07) is 0. The van der Waals surface area contributed by atoms with Gasteiger partial charge < -0.3 is 10.4 Å². The normalized spacial score (nSPS) is 27.7. The molecule has 1 aliphatic rings. The Morgan fingerprint density at radius 2 is 2.26 bits per heavy atom. The molecule has 19 heavy (non-hydrogen) atoms. The van der Waals surface area contributed by atoms with Gasteiger partial charge in [-0.3, -0.25) is 4.68 Å². The summed E-state index contributed by atoms with van der Waals surface area (Å²) in [5.74, 6) is 0.276. The number of hydrogen-bond acceptors (Lipinski definition) is 3. The summed E-state index contributed by atoms with van der Waals surface area (Å²) in [5, 5.41) is 19.5. The van der Waals surface area contributed by atoms with E-state index in [0.29, 0.717) is 11.4 Å². The van der Waals surface area contributed by atoms with Crippen LogP contribution in [-0.4, -0.2) is 33.6 Å². The SMILES string of the molecule is CCC1CNCCC1(O)Cc1c(Cl)c(C)nn1CC. The van der Waals surface area contributed by atoms with E-state index in [0.717, 1.165) is 43.9 Å². The largest absolute Gasteiger partial charge is 0.389 e. The fraction of sp³-hybridized carbons (Fsp3) is 0.786. The molecule has 0 saturated carbocycles. The Bertz CT molecular complexity index is 446. The molecule has 1 aliphatic heterocycles. The molecular weight excluding hydrogens is 262 g/mol. The van der Waals surface area contributed by atoms with Crippen molar-refractivity contribution < 1.29 is 5.11 Å². The molecule has 0 amide bonds. The molecule has 2 atom stereocenters. The molecular formula is C14H24ClN3O. The van der Waals surface area contributed by atoms with Gasteiger partial charge in [0.05, 0.1) is 22.0 Å². The van der Waals surface area contributed by atoms with Gasteiger partial charge in [0.1, 0.15) is 0 Å². The smallest absolute Gasteiger partial charge is 0.0848 e. The van der Waals surface area contributed by atoms with Gasteiger partial charge in [-0.2, -0.15) is 5.10 Å². The lowest BCUT2D eigenvalue weighted by Gasteiger charge is -2.40. The van der Waals surface area contributed by atoms with Gasteiger partial charge in [0.15, 0.2) is 0 Å². The standard InChI is InChI=1S/C14H24ClN3O/c1-4-11-9-16-7-6-14(11,19)8-12-13(15)10(3)17-18(12)5-2/h11,16,19H,4-9H2,1-3H3. The second-order valence-electron chi connectivity index (χ2n) is 5.50. The minimum absolute atomic E-state index is 0.276. The molecule has 1 aromatic heterocycles. The molecule has 1 aromatic rings. The zero-order valence-electron chi connectivity index (χ0n) is 12.0. The van der Waals surface area contributed by atoms with Crippen LogP contribution in [0.4, 0.5) is 0 Å². The number of rotatable bonds is 4. The molecule has 0 aliphatic carbocycles. The molecule has 0 bridgehead atoms. The number of hydrogen-bond donors (Lipinski definition) is 2. The van der Waals surface area contributed by atoms with E-state index in [-0.39, 0.29) is 5.92 Å². The highest BCUT2D eigenvalue weighted by Gasteiger charge is 2.39. The van der Waals surface area contributed by atoms with E-state index in [9.17, 15) is 5.11 Å². The van der Waals surface area contributed by atoms with Crippen molar-refractivity contribution in [2.45, 2.75) is 52.2 Å². The van der Waals surface area contributed by atoms with Crippen molar-refractivity contribution in [3.05, 3.63) is 16.4 Å². The minimum atomic E-state index is -0.664. The van der Waals surface area contributed by atoms with Gasteiger partial charge in [-0.05, 0) is 33.2 Å². The molecule has 4 nitrogen and oxygen atoms in total. The molecule has 0 spiro atoms. The first-order valence-electron chi connectivity index (χ1n) is 7.16. The minimum Gasteiger partial charge on any atom is -0.389 e. The van der Waals surface area contributed by atoms with E-state index in [1.165, 1.54) is 0 Å². The first-order chi connectivity index (χ1) is 9.01. The molecule has 0 aromatic carbocycles. The van der Waals surface area contributed by atoms with E-state index in [1.807, 2.05) is 11.6 Å². The lowest BCUT2D eigenvalue weighted by molar-refractivity contribution is -0.0428. The topological polar surface area (TPSA) is 50.1 Å². The first-order valence-corrected chi connectivity index (χ1v) is 7.54. The molecule has 1 saturated heterocycles. The highest BCUT2D eigenvalue weighted by atomic mass is 35.5. The third-order valence-corrected chi connectivity index (χ3v) is 4.80. The first kappa shape index (κ1) is 14.8. The zero-order valence-corrected chi connectivity index (χ0v) is 12.8. The van der Waals surface area contributed by atoms with Gasteiger partial charge in [0.25, 0.3) is 0 Å². The lowest BCUT2D eigenvalue weighted by atomic mass is 9.77. The predicted molar refractivity (Wildman–Crippen MR) is 77.6 cm³/mol. The Labute approximate surface area is 120 Å². The van der Waals surface area contributed by atoms with Crippen LogP contribution in [-0.2, 0) is 13.0 Å². The maximum atomic E-state index is 11.0. The average molecular weight is 286 g/mol. The van der Waals surface area contributed by atoms with Crippen molar-refractivity contribution in [3.8, 4) is 0 Å². The number of aryl methyl sites for hydroxylation is 2. The molecule has 2 N–H and O–H groups in total. The van der Waals surface area contributed by atoms with Gasteiger partial charge in [-0.25, -0.2) is 0 Å². The van der Waals surface area contributed by atoms with Crippen molar-refractivity contribution in [1.82, 2.24) is 15.1 Å². The average Bonchev–Trinajstić information content (AvgIpc) is 2.66. The molecule has 1 fully saturated rings. The van der Waals surface area contributed by atoms with Crippen LogP contribution >= 0.6 is 11.6 Å². The van der Waals surface area contributed by atoms with Crippen molar-refractivity contribution >= 4 is 11.6 Å². The fourth-order valence-corrected chi connectivity index (χ4v) is 3.26. The number of aromatic nitrogens is 2. The second-order valence-corrected chi connectivity index (χ2v) is 5.88. The second kappa shape index (κ2) is 5.81. The number of nitrogens with zero attached hydrogens (tertiary/aromatic N) is 2. The van der Waals surface area contributed by atoms with Crippen LogP contribution in [0.25, 0.3) is 0 Å². The van der Waals surface area contributed by atoms with Crippen LogP contribution in [0.5, 0.6) is 0 Å². The number of aliphatic hydroxyl groups is 1. The lowest BCUT2D eigenvalue weighted by Crippen LogP contribution is -2.51. The van der Waals surface area contributed by atoms with Crippen molar-refractivity contribution in [2.24, 2.45) is 5.92 Å². The summed E-state index contributed by atoms with van der Waals surface area (Å²) in [7, 11) is 0.